The van der Waals surface area contributed by atoms with Crippen LogP contribution in [0.3, 0.4) is 0 Å². The molecule has 0 unspecified atom stereocenters. The zero-order chi connectivity index (χ0) is 29.5. The zero-order valence-corrected chi connectivity index (χ0v) is 23.6. The first-order valence-corrected chi connectivity index (χ1v) is 14.6. The van der Waals surface area contributed by atoms with Crippen molar-refractivity contribution in [2.24, 2.45) is 0 Å². The van der Waals surface area contributed by atoms with E-state index in [2.05, 4.69) is 4.98 Å². The van der Waals surface area contributed by atoms with E-state index in [4.69, 9.17) is 23.0 Å². The lowest BCUT2D eigenvalue weighted by atomic mass is 10.2. The second-order valence-electron chi connectivity index (χ2n) is 9.55. The predicted octanol–water partition coefficient (Wildman–Crippen LogP) is 4.53. The number of aryl methyl sites for hydroxylation is 1. The highest BCUT2D eigenvalue weighted by Gasteiger charge is 2.47. The van der Waals surface area contributed by atoms with Gasteiger partial charge in [-0.15, -0.1) is 0 Å². The van der Waals surface area contributed by atoms with Gasteiger partial charge in [0.2, 0.25) is 0 Å². The number of hydrogen-bond donors (Lipinski definition) is 1. The lowest BCUT2D eigenvalue weighted by molar-refractivity contribution is -0.0455. The molecule has 0 radical (unpaired) electrons. The van der Waals surface area contributed by atoms with Crippen LogP contribution in [0.25, 0.3) is 0 Å². The third kappa shape index (κ3) is 7.20. The fourth-order valence-corrected chi connectivity index (χ4v) is 5.61. The number of ether oxygens (including phenoxy) is 2. The normalized spacial score (nSPS) is 18.5. The van der Waals surface area contributed by atoms with E-state index in [1.54, 1.807) is 54.6 Å². The Kier molecular flexibility index (Phi) is 9.26. The van der Waals surface area contributed by atoms with Gasteiger partial charge >= 0.3 is 19.5 Å². The Morgan fingerprint density at radius 3 is 2.02 bits per heavy atom. The minimum Gasteiger partial charge on any atom is -0.451 e. The lowest BCUT2D eigenvalue weighted by Gasteiger charge is -2.27. The minimum atomic E-state index is -4.32. The number of esters is 1. The molecule has 1 aromatic heterocycles. The summed E-state index contributed by atoms with van der Waals surface area (Å²) in [6.45, 7) is 1.12. The van der Waals surface area contributed by atoms with Crippen LogP contribution in [0.1, 0.15) is 33.3 Å². The largest absolute Gasteiger partial charge is 0.475 e. The molecule has 11 nitrogen and oxygen atoms in total. The summed E-state index contributed by atoms with van der Waals surface area (Å²) in [7, 11) is -4.32. The van der Waals surface area contributed by atoms with Crippen LogP contribution in [-0.2, 0) is 40.8 Å². The SMILES string of the molecule is Cc1cn([C@@H]2OC[C@H](OP(=O)(OCc3ccccc3)OCc3ccccc3)[C@H]2OC(=O)c2ccccc2)c(=O)[nH]c1=O. The standard InChI is InChI=1S/C30H29N2O9P/c1-21-17-32(30(35)31-27(21)33)28-26(40-29(34)24-15-9-4-10-16-24)25(20-37-28)41-42(36,38-18-22-11-5-2-6-12-22)39-19-23-13-7-3-8-14-23/h2-17,25-26,28H,18-20H2,1H3,(H,31,33,35)/t25-,26+,28+/m0/s1. The van der Waals surface area contributed by atoms with Crippen LogP contribution in [0.5, 0.6) is 0 Å². The molecule has 0 saturated carbocycles. The van der Waals surface area contributed by atoms with Gasteiger partial charge in [0.1, 0.15) is 6.10 Å². The first-order valence-electron chi connectivity index (χ1n) is 13.2. The molecule has 1 N–H and O–H groups in total. The molecular formula is C30H29N2O9P. The Morgan fingerprint density at radius 2 is 1.45 bits per heavy atom. The summed E-state index contributed by atoms with van der Waals surface area (Å²) in [5.74, 6) is -0.718. The third-order valence-corrected chi connectivity index (χ3v) is 7.90. The first-order chi connectivity index (χ1) is 20.3. The van der Waals surface area contributed by atoms with Crippen molar-refractivity contribution in [2.75, 3.05) is 6.61 Å². The Balaban J connectivity index is 1.44. The average molecular weight is 593 g/mol. The minimum absolute atomic E-state index is 0.0864. The van der Waals surface area contributed by atoms with Crippen molar-refractivity contribution in [1.82, 2.24) is 9.55 Å². The first kappa shape index (κ1) is 29.4. The van der Waals surface area contributed by atoms with Crippen LogP contribution < -0.4 is 11.2 Å². The second kappa shape index (κ2) is 13.2. The van der Waals surface area contributed by atoms with Crippen LogP contribution in [0.15, 0.2) is 107 Å². The Labute approximate surface area is 241 Å². The van der Waals surface area contributed by atoms with Crippen molar-refractivity contribution in [2.45, 2.75) is 38.6 Å². The van der Waals surface area contributed by atoms with Gasteiger partial charge in [-0.3, -0.25) is 27.9 Å². The highest BCUT2D eigenvalue weighted by Crippen LogP contribution is 2.53. The summed E-state index contributed by atoms with van der Waals surface area (Å²) in [4.78, 5) is 40.0. The van der Waals surface area contributed by atoms with Crippen molar-refractivity contribution in [1.29, 1.82) is 0 Å². The summed E-state index contributed by atoms with van der Waals surface area (Å²) in [5, 5.41) is 0. The predicted molar refractivity (Wildman–Crippen MR) is 152 cm³/mol. The summed E-state index contributed by atoms with van der Waals surface area (Å²) >= 11 is 0. The summed E-state index contributed by atoms with van der Waals surface area (Å²) in [5.41, 5.74) is 0.600. The van der Waals surface area contributed by atoms with Crippen LogP contribution in [0, 0.1) is 6.92 Å². The quantitative estimate of drug-likeness (QED) is 0.197. The number of rotatable bonds is 11. The van der Waals surface area contributed by atoms with Gasteiger partial charge in [-0.25, -0.2) is 14.2 Å². The number of carbonyl (C=O) groups is 1. The van der Waals surface area contributed by atoms with Crippen molar-refractivity contribution >= 4 is 13.8 Å². The van der Waals surface area contributed by atoms with E-state index in [9.17, 15) is 18.9 Å². The monoisotopic (exact) mass is 592 g/mol. The highest BCUT2D eigenvalue weighted by molar-refractivity contribution is 7.48. The van der Waals surface area contributed by atoms with Gasteiger partial charge in [0.25, 0.3) is 5.56 Å². The molecule has 0 amide bonds. The molecule has 1 fully saturated rings. The number of aromatic amines is 1. The Bertz CT molecular complexity index is 1610. The number of benzene rings is 3. The Morgan fingerprint density at radius 1 is 0.905 bits per heavy atom. The molecule has 0 aliphatic carbocycles. The van der Waals surface area contributed by atoms with Gasteiger partial charge in [0, 0.05) is 11.8 Å². The fraction of sp³-hybridized carbons (Fsp3) is 0.233. The molecule has 1 saturated heterocycles. The molecule has 2 heterocycles. The van der Waals surface area contributed by atoms with Crippen LogP contribution in [-0.4, -0.2) is 34.3 Å². The number of aromatic nitrogens is 2. The molecular weight excluding hydrogens is 563 g/mol. The second-order valence-corrected chi connectivity index (χ2v) is 11.2. The van der Waals surface area contributed by atoms with E-state index in [1.807, 2.05) is 36.4 Å². The van der Waals surface area contributed by atoms with E-state index < -0.39 is 43.5 Å². The average Bonchev–Trinajstić information content (AvgIpc) is 3.39. The maximum absolute atomic E-state index is 14.0. The number of carbonyl (C=O) groups excluding carboxylic acids is 1. The van der Waals surface area contributed by atoms with Crippen LogP contribution in [0.2, 0.25) is 0 Å². The van der Waals surface area contributed by atoms with Gasteiger partial charge < -0.3 is 9.47 Å². The third-order valence-electron chi connectivity index (χ3n) is 6.48. The smallest absolute Gasteiger partial charge is 0.451 e. The molecule has 0 spiro atoms. The number of phosphoric ester groups is 1. The van der Waals surface area contributed by atoms with E-state index in [1.165, 1.54) is 13.1 Å². The maximum atomic E-state index is 14.0. The topological polar surface area (TPSA) is 135 Å². The molecule has 42 heavy (non-hydrogen) atoms. The summed E-state index contributed by atoms with van der Waals surface area (Å²) in [6.07, 6.45) is -2.34. The van der Waals surface area contributed by atoms with E-state index in [0.717, 1.165) is 15.7 Å². The molecule has 4 aromatic rings. The van der Waals surface area contributed by atoms with E-state index in [0.29, 0.717) is 0 Å². The molecule has 218 valence electrons. The molecule has 3 atom stereocenters. The van der Waals surface area contributed by atoms with Crippen molar-refractivity contribution in [3.05, 3.63) is 140 Å². The van der Waals surface area contributed by atoms with E-state index in [-0.39, 0.29) is 30.9 Å². The van der Waals surface area contributed by atoms with Crippen molar-refractivity contribution in [3.63, 3.8) is 0 Å². The fourth-order valence-electron chi connectivity index (χ4n) is 4.29. The number of phosphoric acid groups is 1. The molecule has 1 aliphatic heterocycles. The molecule has 5 rings (SSSR count). The van der Waals surface area contributed by atoms with Gasteiger partial charge in [-0.2, -0.15) is 0 Å². The lowest BCUT2D eigenvalue weighted by Crippen LogP contribution is -2.41. The number of nitrogens with zero attached hydrogens (tertiary/aromatic N) is 1. The molecule has 0 bridgehead atoms. The number of hydrogen-bond acceptors (Lipinski definition) is 9. The number of nitrogens with one attached hydrogen (secondary N) is 1. The summed E-state index contributed by atoms with van der Waals surface area (Å²) in [6, 6.07) is 26.3. The zero-order valence-electron chi connectivity index (χ0n) is 22.7. The Hall–Kier alpha value is -4.12. The van der Waals surface area contributed by atoms with Crippen molar-refractivity contribution in [3.8, 4) is 0 Å². The molecule has 12 heteroatoms. The van der Waals surface area contributed by atoms with Gasteiger partial charge in [-0.05, 0) is 30.2 Å². The molecule has 3 aromatic carbocycles. The van der Waals surface area contributed by atoms with Gasteiger partial charge in [0.15, 0.2) is 12.3 Å². The summed E-state index contributed by atoms with van der Waals surface area (Å²) < 4.78 is 44.2. The number of H-pyrrole nitrogens is 1. The molecule has 1 aliphatic rings. The highest BCUT2D eigenvalue weighted by atomic mass is 31.2. The van der Waals surface area contributed by atoms with Crippen molar-refractivity contribution < 1.29 is 32.4 Å². The maximum Gasteiger partial charge on any atom is 0.475 e. The van der Waals surface area contributed by atoms with Gasteiger partial charge in [-0.1, -0.05) is 78.9 Å². The van der Waals surface area contributed by atoms with Crippen LogP contribution >= 0.6 is 7.82 Å². The van der Waals surface area contributed by atoms with Gasteiger partial charge in [0.05, 0.1) is 25.4 Å². The van der Waals surface area contributed by atoms with Crippen LogP contribution in [0.4, 0.5) is 0 Å². The van der Waals surface area contributed by atoms with E-state index >= 15 is 0 Å².